The summed E-state index contributed by atoms with van der Waals surface area (Å²) in [6, 6.07) is 5.05. The Kier molecular flexibility index (Phi) is 8.09. The molecule has 0 N–H and O–H groups in total. The van der Waals surface area contributed by atoms with E-state index in [1.807, 2.05) is 13.8 Å². The topological polar surface area (TPSA) is 65.1 Å². The van der Waals surface area contributed by atoms with Crippen LogP contribution in [0.15, 0.2) is 18.2 Å². The van der Waals surface area contributed by atoms with Crippen LogP contribution in [0.5, 0.6) is 11.5 Å². The van der Waals surface area contributed by atoms with Crippen molar-refractivity contribution >= 4 is 11.9 Å². The average Bonchev–Trinajstić information content (AvgIpc) is 2.57. The van der Waals surface area contributed by atoms with E-state index in [1.54, 1.807) is 37.1 Å². The van der Waals surface area contributed by atoms with Crippen LogP contribution in [0.1, 0.15) is 37.6 Å². The third-order valence-corrected chi connectivity index (χ3v) is 3.39. The molecule has 1 amide bonds. The molecule has 0 aliphatic rings. The molecular weight excluding hydrogens is 310 g/mol. The lowest BCUT2D eigenvalue weighted by atomic mass is 10.1. The van der Waals surface area contributed by atoms with Crippen LogP contribution < -0.4 is 9.47 Å². The minimum absolute atomic E-state index is 0.144. The SMILES string of the molecule is CCOC(=O)CCN(CC(C)C)C(=O)c1ccc(OC)c(OC)c1. The Morgan fingerprint density at radius 1 is 1.12 bits per heavy atom. The molecule has 0 aromatic heterocycles. The van der Waals surface area contributed by atoms with Gasteiger partial charge in [0.15, 0.2) is 11.5 Å². The predicted octanol–water partition coefficient (Wildman–Crippen LogP) is 2.76. The molecule has 6 heteroatoms. The van der Waals surface area contributed by atoms with Crippen molar-refractivity contribution in [3.05, 3.63) is 23.8 Å². The highest BCUT2D eigenvalue weighted by molar-refractivity contribution is 5.95. The normalized spacial score (nSPS) is 10.4. The molecule has 134 valence electrons. The number of ether oxygens (including phenoxy) is 3. The second kappa shape index (κ2) is 9.80. The van der Waals surface area contributed by atoms with E-state index in [0.29, 0.717) is 36.8 Å². The van der Waals surface area contributed by atoms with E-state index in [1.165, 1.54) is 7.11 Å². The van der Waals surface area contributed by atoms with Gasteiger partial charge in [0.25, 0.3) is 5.91 Å². The number of carbonyl (C=O) groups is 2. The number of amides is 1. The minimum Gasteiger partial charge on any atom is -0.493 e. The van der Waals surface area contributed by atoms with Crippen molar-refractivity contribution in [3.63, 3.8) is 0 Å². The quantitative estimate of drug-likeness (QED) is 0.648. The summed E-state index contributed by atoms with van der Waals surface area (Å²) in [6.07, 6.45) is 0.180. The van der Waals surface area contributed by atoms with Gasteiger partial charge in [-0.15, -0.1) is 0 Å². The van der Waals surface area contributed by atoms with E-state index < -0.39 is 0 Å². The molecule has 0 atom stereocenters. The summed E-state index contributed by atoms with van der Waals surface area (Å²) in [5.74, 6) is 0.908. The minimum atomic E-state index is -0.300. The Balaban J connectivity index is 2.92. The van der Waals surface area contributed by atoms with E-state index in [0.717, 1.165) is 0 Å². The van der Waals surface area contributed by atoms with Crippen LogP contribution in [0.25, 0.3) is 0 Å². The fraction of sp³-hybridized carbons (Fsp3) is 0.556. The van der Waals surface area contributed by atoms with E-state index in [-0.39, 0.29) is 24.2 Å². The van der Waals surface area contributed by atoms with Gasteiger partial charge in [0, 0.05) is 18.7 Å². The van der Waals surface area contributed by atoms with Crippen LogP contribution in [-0.2, 0) is 9.53 Å². The first-order valence-corrected chi connectivity index (χ1v) is 8.09. The van der Waals surface area contributed by atoms with Gasteiger partial charge >= 0.3 is 5.97 Å². The largest absolute Gasteiger partial charge is 0.493 e. The number of esters is 1. The van der Waals surface area contributed by atoms with Crippen molar-refractivity contribution in [1.29, 1.82) is 0 Å². The van der Waals surface area contributed by atoms with Gasteiger partial charge in [0.1, 0.15) is 0 Å². The zero-order chi connectivity index (χ0) is 18.1. The van der Waals surface area contributed by atoms with Crippen LogP contribution in [0.2, 0.25) is 0 Å². The van der Waals surface area contributed by atoms with Gasteiger partial charge in [0.05, 0.1) is 27.2 Å². The Labute approximate surface area is 143 Å². The van der Waals surface area contributed by atoms with Gasteiger partial charge in [-0.1, -0.05) is 13.8 Å². The second-order valence-electron chi connectivity index (χ2n) is 5.77. The lowest BCUT2D eigenvalue weighted by Crippen LogP contribution is -2.36. The molecular formula is C18H27NO5. The third kappa shape index (κ3) is 5.76. The number of nitrogens with zero attached hydrogens (tertiary/aromatic N) is 1. The maximum Gasteiger partial charge on any atom is 0.307 e. The van der Waals surface area contributed by atoms with E-state index in [4.69, 9.17) is 14.2 Å². The van der Waals surface area contributed by atoms with Crippen molar-refractivity contribution in [1.82, 2.24) is 4.90 Å². The number of methoxy groups -OCH3 is 2. The van der Waals surface area contributed by atoms with Crippen LogP contribution in [0, 0.1) is 5.92 Å². The van der Waals surface area contributed by atoms with Gasteiger partial charge in [-0.3, -0.25) is 9.59 Å². The summed E-state index contributed by atoms with van der Waals surface area (Å²) in [4.78, 5) is 26.0. The van der Waals surface area contributed by atoms with Crippen molar-refractivity contribution in [2.24, 2.45) is 5.92 Å². The first-order chi connectivity index (χ1) is 11.4. The molecule has 1 aromatic carbocycles. The molecule has 24 heavy (non-hydrogen) atoms. The molecule has 0 bridgehead atoms. The fourth-order valence-corrected chi connectivity index (χ4v) is 2.33. The zero-order valence-electron chi connectivity index (χ0n) is 15.1. The Morgan fingerprint density at radius 3 is 2.33 bits per heavy atom. The van der Waals surface area contributed by atoms with Crippen LogP contribution in [0.3, 0.4) is 0 Å². The molecule has 0 saturated heterocycles. The maximum absolute atomic E-state index is 12.8. The molecule has 0 aliphatic carbocycles. The number of rotatable bonds is 9. The number of hydrogen-bond donors (Lipinski definition) is 0. The van der Waals surface area contributed by atoms with Crippen LogP contribution in [-0.4, -0.2) is 50.7 Å². The van der Waals surface area contributed by atoms with Gasteiger partial charge < -0.3 is 19.1 Å². The molecule has 0 unspecified atom stereocenters. The molecule has 6 nitrogen and oxygen atoms in total. The molecule has 0 fully saturated rings. The van der Waals surface area contributed by atoms with E-state index >= 15 is 0 Å². The molecule has 0 aliphatic heterocycles. The van der Waals surface area contributed by atoms with Gasteiger partial charge in [-0.05, 0) is 31.0 Å². The number of hydrogen-bond acceptors (Lipinski definition) is 5. The van der Waals surface area contributed by atoms with Crippen molar-refractivity contribution in [2.45, 2.75) is 27.2 Å². The van der Waals surface area contributed by atoms with E-state index in [9.17, 15) is 9.59 Å². The summed E-state index contributed by atoms with van der Waals surface area (Å²) in [7, 11) is 3.07. The lowest BCUT2D eigenvalue weighted by molar-refractivity contribution is -0.143. The maximum atomic E-state index is 12.8. The molecule has 0 heterocycles. The second-order valence-corrected chi connectivity index (χ2v) is 5.77. The Morgan fingerprint density at radius 2 is 1.79 bits per heavy atom. The molecule has 0 saturated carbocycles. The lowest BCUT2D eigenvalue weighted by Gasteiger charge is -2.24. The van der Waals surface area contributed by atoms with Gasteiger partial charge in [-0.2, -0.15) is 0 Å². The average molecular weight is 337 g/mol. The smallest absolute Gasteiger partial charge is 0.307 e. The highest BCUT2D eigenvalue weighted by Gasteiger charge is 2.20. The molecule has 0 radical (unpaired) electrons. The first-order valence-electron chi connectivity index (χ1n) is 8.09. The fourth-order valence-electron chi connectivity index (χ4n) is 2.33. The summed E-state index contributed by atoms with van der Waals surface area (Å²) >= 11 is 0. The summed E-state index contributed by atoms with van der Waals surface area (Å²) in [5.41, 5.74) is 0.497. The first kappa shape index (κ1) is 19.8. The van der Waals surface area contributed by atoms with Crippen molar-refractivity contribution in [2.75, 3.05) is 33.9 Å². The number of benzene rings is 1. The summed E-state index contributed by atoms with van der Waals surface area (Å²) in [5, 5.41) is 0. The van der Waals surface area contributed by atoms with Gasteiger partial charge in [-0.25, -0.2) is 0 Å². The predicted molar refractivity (Wildman–Crippen MR) is 91.5 cm³/mol. The summed E-state index contributed by atoms with van der Waals surface area (Å²) < 4.78 is 15.4. The summed E-state index contributed by atoms with van der Waals surface area (Å²) in [6.45, 7) is 7.04. The van der Waals surface area contributed by atoms with Crippen molar-refractivity contribution in [3.8, 4) is 11.5 Å². The molecule has 1 rings (SSSR count). The highest BCUT2D eigenvalue weighted by atomic mass is 16.5. The Bertz CT molecular complexity index is 556. The van der Waals surface area contributed by atoms with Crippen LogP contribution >= 0.6 is 0 Å². The third-order valence-electron chi connectivity index (χ3n) is 3.39. The molecule has 0 spiro atoms. The van der Waals surface area contributed by atoms with Crippen LogP contribution in [0.4, 0.5) is 0 Å². The Hall–Kier alpha value is -2.24. The zero-order valence-corrected chi connectivity index (χ0v) is 15.1. The van der Waals surface area contributed by atoms with Gasteiger partial charge in [0.2, 0.25) is 0 Å². The van der Waals surface area contributed by atoms with E-state index in [2.05, 4.69) is 0 Å². The standard InChI is InChI=1S/C18H27NO5/c1-6-24-17(20)9-10-19(12-13(2)3)18(21)14-7-8-15(22-4)16(11-14)23-5/h7-8,11,13H,6,9-10,12H2,1-5H3. The molecule has 1 aromatic rings. The monoisotopic (exact) mass is 337 g/mol. The van der Waals surface area contributed by atoms with Crippen molar-refractivity contribution < 1.29 is 23.8 Å². The number of carbonyl (C=O) groups excluding carboxylic acids is 2. The highest BCUT2D eigenvalue weighted by Crippen LogP contribution is 2.28.